The Kier molecular flexibility index (Phi) is 8.22. The average molecular weight is 404 g/mol. The van der Waals surface area contributed by atoms with E-state index in [4.69, 9.17) is 9.47 Å². The summed E-state index contributed by atoms with van der Waals surface area (Å²) in [6.45, 7) is 6.09. The molecule has 0 radical (unpaired) electrons. The maximum absolute atomic E-state index is 12.9. The number of methoxy groups -OCH3 is 1. The number of hydrogen-bond acceptors (Lipinski definition) is 3. The summed E-state index contributed by atoms with van der Waals surface area (Å²) in [5.74, 6) is 1.33. The molecule has 1 amide bonds. The zero-order valence-electron chi connectivity index (χ0n) is 18.4. The summed E-state index contributed by atoms with van der Waals surface area (Å²) in [5, 5.41) is 3.27. The van der Waals surface area contributed by atoms with Crippen LogP contribution in [-0.4, -0.2) is 44.8 Å². The molecule has 1 aliphatic heterocycles. The average Bonchev–Trinajstić information content (AvgIpc) is 2.79. The van der Waals surface area contributed by atoms with Crippen molar-refractivity contribution in [3.63, 3.8) is 0 Å². The van der Waals surface area contributed by atoms with Crippen molar-refractivity contribution >= 4 is 5.91 Å². The summed E-state index contributed by atoms with van der Waals surface area (Å²) in [5.41, 5.74) is 0.867. The first-order valence-electron chi connectivity index (χ1n) is 11.6. The first kappa shape index (κ1) is 21.9. The van der Waals surface area contributed by atoms with E-state index in [1.807, 2.05) is 12.1 Å². The number of hydrogen-bond donors (Lipinski definition) is 2. The summed E-state index contributed by atoms with van der Waals surface area (Å²) in [6.07, 6.45) is 12.5. The SMILES string of the molecule is CCCCOc1ccc(C(=O)NCC2([NH+]3CCCCC3)CCCCC2)cc1OC. The number of unbranched alkanes of at least 4 members (excludes halogenated alkanes) is 1. The fourth-order valence-electron chi connectivity index (χ4n) is 5.00. The van der Waals surface area contributed by atoms with E-state index >= 15 is 0 Å². The Morgan fingerprint density at radius 3 is 2.48 bits per heavy atom. The van der Waals surface area contributed by atoms with Crippen LogP contribution in [-0.2, 0) is 0 Å². The van der Waals surface area contributed by atoms with E-state index in [0.29, 0.717) is 23.7 Å². The number of rotatable bonds is 9. The highest BCUT2D eigenvalue weighted by atomic mass is 16.5. The number of likely N-dealkylation sites (tertiary alicyclic amines) is 1. The van der Waals surface area contributed by atoms with Crippen LogP contribution in [0.4, 0.5) is 0 Å². The molecule has 29 heavy (non-hydrogen) atoms. The highest BCUT2D eigenvalue weighted by Gasteiger charge is 2.42. The zero-order chi connectivity index (χ0) is 20.5. The molecule has 0 atom stereocenters. The summed E-state index contributed by atoms with van der Waals surface area (Å²) < 4.78 is 11.3. The van der Waals surface area contributed by atoms with E-state index in [9.17, 15) is 4.79 Å². The van der Waals surface area contributed by atoms with Crippen molar-refractivity contribution in [2.75, 3.05) is 33.4 Å². The normalized spacial score (nSPS) is 19.5. The van der Waals surface area contributed by atoms with Gasteiger partial charge in [0, 0.05) is 18.4 Å². The van der Waals surface area contributed by atoms with Crippen molar-refractivity contribution in [1.82, 2.24) is 5.32 Å². The largest absolute Gasteiger partial charge is 0.493 e. The van der Waals surface area contributed by atoms with Crippen molar-refractivity contribution in [2.24, 2.45) is 0 Å². The lowest BCUT2D eigenvalue weighted by Crippen LogP contribution is -3.22. The van der Waals surface area contributed by atoms with Crippen LogP contribution in [0.15, 0.2) is 18.2 Å². The molecular weight excluding hydrogens is 364 g/mol. The van der Waals surface area contributed by atoms with E-state index in [2.05, 4.69) is 12.2 Å². The smallest absolute Gasteiger partial charge is 0.251 e. The summed E-state index contributed by atoms with van der Waals surface area (Å²) in [7, 11) is 1.63. The first-order chi connectivity index (χ1) is 14.2. The van der Waals surface area contributed by atoms with Gasteiger partial charge in [-0.3, -0.25) is 4.79 Å². The Bertz CT molecular complexity index is 650. The lowest BCUT2D eigenvalue weighted by Gasteiger charge is -2.45. The minimum atomic E-state index is -0.00948. The summed E-state index contributed by atoms with van der Waals surface area (Å²) in [6, 6.07) is 5.51. The van der Waals surface area contributed by atoms with Crippen molar-refractivity contribution < 1.29 is 19.2 Å². The Balaban J connectivity index is 1.65. The molecule has 5 heteroatoms. The lowest BCUT2D eigenvalue weighted by atomic mass is 9.79. The predicted octanol–water partition coefficient (Wildman–Crippen LogP) is 3.38. The second-order valence-corrected chi connectivity index (χ2v) is 8.76. The van der Waals surface area contributed by atoms with Crippen LogP contribution in [0.5, 0.6) is 11.5 Å². The van der Waals surface area contributed by atoms with Gasteiger partial charge in [0.05, 0.1) is 33.4 Å². The van der Waals surface area contributed by atoms with Gasteiger partial charge >= 0.3 is 0 Å². The van der Waals surface area contributed by atoms with Gasteiger partial charge in [-0.1, -0.05) is 19.8 Å². The molecule has 1 aromatic rings. The molecule has 1 saturated carbocycles. The number of carbonyl (C=O) groups excluding carboxylic acids is 1. The molecule has 5 nitrogen and oxygen atoms in total. The fourth-order valence-corrected chi connectivity index (χ4v) is 5.00. The number of piperidine rings is 1. The van der Waals surface area contributed by atoms with Gasteiger partial charge in [-0.05, 0) is 56.7 Å². The summed E-state index contributed by atoms with van der Waals surface area (Å²) in [4.78, 5) is 14.7. The molecule has 0 unspecified atom stereocenters. The number of quaternary nitrogens is 1. The Morgan fingerprint density at radius 1 is 1.07 bits per heavy atom. The van der Waals surface area contributed by atoms with Gasteiger partial charge in [0.25, 0.3) is 5.91 Å². The number of ether oxygens (including phenoxy) is 2. The quantitative estimate of drug-likeness (QED) is 0.622. The lowest BCUT2D eigenvalue weighted by molar-refractivity contribution is -0.957. The van der Waals surface area contributed by atoms with Gasteiger partial charge in [-0.2, -0.15) is 0 Å². The highest BCUT2D eigenvalue weighted by Crippen LogP contribution is 2.29. The number of amides is 1. The standard InChI is InChI=1S/C24H38N2O3/c1-3-4-17-29-21-12-11-20(18-22(21)28-2)23(27)25-19-24(13-7-5-8-14-24)26-15-9-6-10-16-26/h11-12,18H,3-10,13-17,19H2,1-2H3,(H,25,27)/p+1. The fraction of sp³-hybridized carbons (Fsp3) is 0.708. The zero-order valence-corrected chi connectivity index (χ0v) is 18.4. The van der Waals surface area contributed by atoms with Crippen molar-refractivity contribution in [1.29, 1.82) is 0 Å². The number of nitrogens with one attached hydrogen (secondary N) is 2. The van der Waals surface area contributed by atoms with Gasteiger partial charge in [0.15, 0.2) is 11.5 Å². The molecule has 0 aromatic heterocycles. The maximum atomic E-state index is 12.9. The Labute approximate surface area is 176 Å². The number of benzene rings is 1. The molecule has 2 N–H and O–H groups in total. The molecule has 0 bridgehead atoms. The Hall–Kier alpha value is -1.75. The monoisotopic (exact) mass is 403 g/mol. The van der Waals surface area contributed by atoms with Crippen molar-refractivity contribution in [2.45, 2.75) is 76.7 Å². The van der Waals surface area contributed by atoms with Crippen LogP contribution < -0.4 is 19.7 Å². The third-order valence-corrected chi connectivity index (χ3v) is 6.79. The van der Waals surface area contributed by atoms with Gasteiger partial charge in [-0.15, -0.1) is 0 Å². The van der Waals surface area contributed by atoms with Crippen LogP contribution in [0.2, 0.25) is 0 Å². The van der Waals surface area contributed by atoms with Gasteiger partial charge in [0.2, 0.25) is 0 Å². The first-order valence-corrected chi connectivity index (χ1v) is 11.6. The molecule has 1 saturated heterocycles. The van der Waals surface area contributed by atoms with E-state index < -0.39 is 0 Å². The second kappa shape index (κ2) is 10.9. The number of carbonyl (C=O) groups is 1. The molecule has 1 aromatic carbocycles. The molecule has 1 aliphatic carbocycles. The van der Waals surface area contributed by atoms with E-state index in [-0.39, 0.29) is 11.4 Å². The van der Waals surface area contributed by atoms with Crippen LogP contribution >= 0.6 is 0 Å². The van der Waals surface area contributed by atoms with E-state index in [0.717, 1.165) is 19.4 Å². The summed E-state index contributed by atoms with van der Waals surface area (Å²) >= 11 is 0. The maximum Gasteiger partial charge on any atom is 0.251 e. The molecule has 3 rings (SSSR count). The topological polar surface area (TPSA) is 52.0 Å². The van der Waals surface area contributed by atoms with E-state index in [1.54, 1.807) is 18.1 Å². The minimum absolute atomic E-state index is 0.00948. The minimum Gasteiger partial charge on any atom is -0.493 e. The van der Waals surface area contributed by atoms with Crippen LogP contribution in [0.25, 0.3) is 0 Å². The van der Waals surface area contributed by atoms with Gasteiger partial charge < -0.3 is 19.7 Å². The van der Waals surface area contributed by atoms with Crippen molar-refractivity contribution in [3.8, 4) is 11.5 Å². The van der Waals surface area contributed by atoms with Crippen LogP contribution in [0.1, 0.15) is 81.5 Å². The third kappa shape index (κ3) is 5.65. The molecule has 2 fully saturated rings. The van der Waals surface area contributed by atoms with Crippen LogP contribution in [0.3, 0.4) is 0 Å². The molecule has 162 valence electrons. The van der Waals surface area contributed by atoms with E-state index in [1.165, 1.54) is 64.5 Å². The van der Waals surface area contributed by atoms with Crippen LogP contribution in [0, 0.1) is 0 Å². The Morgan fingerprint density at radius 2 is 1.79 bits per heavy atom. The molecule has 2 aliphatic rings. The second-order valence-electron chi connectivity index (χ2n) is 8.76. The third-order valence-electron chi connectivity index (χ3n) is 6.79. The van der Waals surface area contributed by atoms with Gasteiger partial charge in [0.1, 0.15) is 5.54 Å². The molecule has 0 spiro atoms. The predicted molar refractivity (Wildman–Crippen MR) is 116 cm³/mol. The highest BCUT2D eigenvalue weighted by molar-refractivity contribution is 5.94. The van der Waals surface area contributed by atoms with Crippen molar-refractivity contribution in [3.05, 3.63) is 23.8 Å². The molecule has 1 heterocycles. The van der Waals surface area contributed by atoms with Gasteiger partial charge in [-0.25, -0.2) is 0 Å². The molecular formula is C24H39N2O3+.